The van der Waals surface area contributed by atoms with Crippen molar-refractivity contribution in [3.63, 3.8) is 0 Å². The molecule has 20 heavy (non-hydrogen) atoms. The number of aryl methyl sites for hydroxylation is 2. The monoisotopic (exact) mass is 299 g/mol. The maximum atomic E-state index is 11.8. The number of carbonyl (C=O) groups excluding carboxylic acids is 1. The Morgan fingerprint density at radius 1 is 1.40 bits per heavy atom. The molecule has 112 valence electrons. The van der Waals surface area contributed by atoms with E-state index in [1.807, 2.05) is 20.8 Å². The molecule has 0 aromatic carbocycles. The van der Waals surface area contributed by atoms with Crippen LogP contribution < -0.4 is 10.6 Å². The van der Waals surface area contributed by atoms with Gasteiger partial charge in [-0.25, -0.2) is 4.98 Å². The van der Waals surface area contributed by atoms with Crippen LogP contribution in [0.15, 0.2) is 0 Å². The van der Waals surface area contributed by atoms with Gasteiger partial charge >= 0.3 is 5.97 Å². The van der Waals surface area contributed by atoms with Crippen molar-refractivity contribution in [1.82, 2.24) is 10.3 Å². The van der Waals surface area contributed by atoms with Crippen LogP contribution in [0.4, 0.5) is 5.13 Å². The molecule has 0 aliphatic rings. The van der Waals surface area contributed by atoms with Crippen molar-refractivity contribution < 1.29 is 14.7 Å². The van der Waals surface area contributed by atoms with Gasteiger partial charge in [0.2, 0.25) is 5.91 Å². The molecule has 1 amide bonds. The molecule has 1 heterocycles. The topological polar surface area (TPSA) is 91.3 Å². The molecule has 0 saturated heterocycles. The van der Waals surface area contributed by atoms with Crippen LogP contribution in [0.25, 0.3) is 0 Å². The SMILES string of the molecule is CCCC(NCC(=O)Nc1nc(CC)c(C)s1)C(=O)O. The number of aromatic nitrogens is 1. The first-order valence-electron chi connectivity index (χ1n) is 6.70. The van der Waals surface area contributed by atoms with Crippen molar-refractivity contribution in [2.75, 3.05) is 11.9 Å². The summed E-state index contributed by atoms with van der Waals surface area (Å²) in [6.07, 6.45) is 2.07. The number of hydrogen-bond donors (Lipinski definition) is 3. The molecule has 0 fully saturated rings. The molecule has 1 atom stereocenters. The number of amides is 1. The summed E-state index contributed by atoms with van der Waals surface area (Å²) in [4.78, 5) is 28.1. The first-order chi connectivity index (χ1) is 9.47. The Balaban J connectivity index is 2.48. The number of carboxylic acids is 1. The summed E-state index contributed by atoms with van der Waals surface area (Å²) in [7, 11) is 0. The lowest BCUT2D eigenvalue weighted by atomic mass is 10.2. The fourth-order valence-corrected chi connectivity index (χ4v) is 2.71. The zero-order valence-corrected chi connectivity index (χ0v) is 12.8. The van der Waals surface area contributed by atoms with E-state index in [9.17, 15) is 9.59 Å². The van der Waals surface area contributed by atoms with Crippen molar-refractivity contribution in [3.8, 4) is 0 Å². The summed E-state index contributed by atoms with van der Waals surface area (Å²) in [6, 6.07) is -0.685. The standard InChI is InChI=1S/C13H21N3O3S/c1-4-6-10(12(18)19)14-7-11(17)16-13-15-9(5-2)8(3)20-13/h10,14H,4-7H2,1-3H3,(H,18,19)(H,15,16,17). The van der Waals surface area contributed by atoms with Crippen molar-refractivity contribution in [3.05, 3.63) is 10.6 Å². The third kappa shape index (κ3) is 4.90. The Kier molecular flexibility index (Phi) is 6.60. The number of hydrogen-bond acceptors (Lipinski definition) is 5. The third-order valence-corrected chi connectivity index (χ3v) is 3.79. The van der Waals surface area contributed by atoms with Gasteiger partial charge in [0, 0.05) is 4.88 Å². The van der Waals surface area contributed by atoms with E-state index in [4.69, 9.17) is 5.11 Å². The molecule has 0 aliphatic heterocycles. The van der Waals surface area contributed by atoms with Gasteiger partial charge in [0.05, 0.1) is 12.2 Å². The van der Waals surface area contributed by atoms with Crippen molar-refractivity contribution >= 4 is 28.3 Å². The van der Waals surface area contributed by atoms with Crippen LogP contribution in [-0.2, 0) is 16.0 Å². The number of thiazole rings is 1. The maximum Gasteiger partial charge on any atom is 0.320 e. The van der Waals surface area contributed by atoms with Crippen LogP contribution in [0, 0.1) is 6.92 Å². The Hall–Kier alpha value is -1.47. The molecule has 1 rings (SSSR count). The zero-order valence-electron chi connectivity index (χ0n) is 12.0. The van der Waals surface area contributed by atoms with E-state index in [1.54, 1.807) is 0 Å². The van der Waals surface area contributed by atoms with Gasteiger partial charge in [-0.3, -0.25) is 14.9 Å². The largest absolute Gasteiger partial charge is 0.480 e. The van der Waals surface area contributed by atoms with Crippen LogP contribution in [0.2, 0.25) is 0 Å². The molecule has 0 spiro atoms. The maximum absolute atomic E-state index is 11.8. The average Bonchev–Trinajstić information content (AvgIpc) is 2.74. The summed E-state index contributed by atoms with van der Waals surface area (Å²) in [5.41, 5.74) is 0.979. The summed E-state index contributed by atoms with van der Waals surface area (Å²) in [5.74, 6) is -1.21. The van der Waals surface area contributed by atoms with Gasteiger partial charge < -0.3 is 10.4 Å². The van der Waals surface area contributed by atoms with Gasteiger partial charge in [-0.1, -0.05) is 20.3 Å². The molecule has 0 aliphatic carbocycles. The third-order valence-electron chi connectivity index (χ3n) is 2.86. The van der Waals surface area contributed by atoms with Crippen molar-refractivity contribution in [1.29, 1.82) is 0 Å². The van der Waals surface area contributed by atoms with Gasteiger partial charge in [-0.15, -0.1) is 11.3 Å². The molecular weight excluding hydrogens is 278 g/mol. The lowest BCUT2D eigenvalue weighted by Crippen LogP contribution is -2.41. The molecule has 0 saturated carbocycles. The first kappa shape index (κ1) is 16.6. The Labute approximate surface area is 122 Å². The van der Waals surface area contributed by atoms with E-state index in [2.05, 4.69) is 15.6 Å². The number of carbonyl (C=O) groups is 2. The van der Waals surface area contributed by atoms with Crippen molar-refractivity contribution in [2.45, 2.75) is 46.1 Å². The Morgan fingerprint density at radius 3 is 2.60 bits per heavy atom. The Morgan fingerprint density at radius 2 is 2.10 bits per heavy atom. The lowest BCUT2D eigenvalue weighted by molar-refractivity contribution is -0.139. The Bertz CT molecular complexity index is 473. The molecule has 1 aromatic rings. The van der Waals surface area contributed by atoms with E-state index >= 15 is 0 Å². The van der Waals surface area contributed by atoms with E-state index in [1.165, 1.54) is 11.3 Å². The molecule has 7 heteroatoms. The first-order valence-corrected chi connectivity index (χ1v) is 7.51. The second kappa shape index (κ2) is 7.96. The van der Waals surface area contributed by atoms with Gasteiger partial charge in [0.1, 0.15) is 6.04 Å². The molecule has 6 nitrogen and oxygen atoms in total. The molecular formula is C13H21N3O3S. The van der Waals surface area contributed by atoms with E-state index in [0.29, 0.717) is 11.6 Å². The number of aliphatic carboxylic acids is 1. The summed E-state index contributed by atoms with van der Waals surface area (Å²) in [6.45, 7) is 5.85. The summed E-state index contributed by atoms with van der Waals surface area (Å²) < 4.78 is 0. The van der Waals surface area contributed by atoms with Crippen molar-refractivity contribution in [2.24, 2.45) is 0 Å². The van der Waals surface area contributed by atoms with Gasteiger partial charge in [-0.2, -0.15) is 0 Å². The molecule has 1 unspecified atom stereocenters. The van der Waals surface area contributed by atoms with Crippen LogP contribution in [0.5, 0.6) is 0 Å². The lowest BCUT2D eigenvalue weighted by Gasteiger charge is -2.12. The predicted octanol–water partition coefficient (Wildman–Crippen LogP) is 1.80. The van der Waals surface area contributed by atoms with Gasteiger partial charge in [0.15, 0.2) is 5.13 Å². The number of carboxylic acid groups (broad SMARTS) is 1. The predicted molar refractivity (Wildman–Crippen MR) is 79.2 cm³/mol. The van der Waals surface area contributed by atoms with E-state index < -0.39 is 12.0 Å². The average molecular weight is 299 g/mol. The fourth-order valence-electron chi connectivity index (χ4n) is 1.79. The normalized spacial score (nSPS) is 12.2. The second-order valence-electron chi connectivity index (χ2n) is 4.48. The highest BCUT2D eigenvalue weighted by Gasteiger charge is 2.17. The summed E-state index contributed by atoms with van der Waals surface area (Å²) >= 11 is 1.43. The molecule has 3 N–H and O–H groups in total. The smallest absolute Gasteiger partial charge is 0.320 e. The van der Waals surface area contributed by atoms with Gasteiger partial charge in [-0.05, 0) is 19.8 Å². The quantitative estimate of drug-likeness (QED) is 0.681. The fraction of sp³-hybridized carbons (Fsp3) is 0.615. The molecule has 1 aromatic heterocycles. The number of anilines is 1. The zero-order chi connectivity index (χ0) is 15.1. The minimum atomic E-state index is -0.932. The van der Waals surface area contributed by atoms with Crippen LogP contribution in [-0.4, -0.2) is 34.6 Å². The summed E-state index contributed by atoms with van der Waals surface area (Å²) in [5, 5.41) is 15.0. The number of rotatable bonds is 8. The van der Waals surface area contributed by atoms with Crippen LogP contribution in [0.3, 0.4) is 0 Å². The highest BCUT2D eigenvalue weighted by molar-refractivity contribution is 7.15. The highest BCUT2D eigenvalue weighted by atomic mass is 32.1. The number of nitrogens with zero attached hydrogens (tertiary/aromatic N) is 1. The minimum Gasteiger partial charge on any atom is -0.480 e. The van der Waals surface area contributed by atoms with E-state index in [0.717, 1.165) is 23.4 Å². The van der Waals surface area contributed by atoms with Crippen LogP contribution in [0.1, 0.15) is 37.3 Å². The highest BCUT2D eigenvalue weighted by Crippen LogP contribution is 2.22. The van der Waals surface area contributed by atoms with E-state index in [-0.39, 0.29) is 12.5 Å². The second-order valence-corrected chi connectivity index (χ2v) is 5.69. The van der Waals surface area contributed by atoms with Crippen LogP contribution >= 0.6 is 11.3 Å². The molecule has 0 radical (unpaired) electrons. The number of nitrogens with one attached hydrogen (secondary N) is 2. The van der Waals surface area contributed by atoms with Gasteiger partial charge in [0.25, 0.3) is 0 Å². The molecule has 0 bridgehead atoms. The minimum absolute atomic E-state index is 0.0307.